The summed E-state index contributed by atoms with van der Waals surface area (Å²) in [5.41, 5.74) is 4.50. The van der Waals surface area contributed by atoms with Crippen LogP contribution in [-0.2, 0) is 0 Å². The molecule has 0 N–H and O–H groups in total. The van der Waals surface area contributed by atoms with Crippen LogP contribution in [0.15, 0.2) is 48.5 Å². The van der Waals surface area contributed by atoms with Gasteiger partial charge >= 0.3 is 0 Å². The Balaban J connectivity index is 1.38. The molecule has 158 valence electrons. The Morgan fingerprint density at radius 1 is 0.968 bits per heavy atom. The second-order valence-electron chi connectivity index (χ2n) is 8.86. The summed E-state index contributed by atoms with van der Waals surface area (Å²) in [6.07, 6.45) is 2.05. The summed E-state index contributed by atoms with van der Waals surface area (Å²) in [7, 11) is 0. The van der Waals surface area contributed by atoms with E-state index < -0.39 is 5.60 Å². The Bertz CT molecular complexity index is 1150. The summed E-state index contributed by atoms with van der Waals surface area (Å²) >= 11 is 0. The predicted octanol–water partition coefficient (Wildman–Crippen LogP) is 5.07. The molecule has 0 amide bonds. The molecule has 1 fully saturated rings. The maximum Gasteiger partial charge on any atom is 0.170 e. The van der Waals surface area contributed by atoms with Gasteiger partial charge in [-0.15, -0.1) is 0 Å². The van der Waals surface area contributed by atoms with Crippen molar-refractivity contribution in [3.8, 4) is 17.0 Å². The first-order valence-corrected chi connectivity index (χ1v) is 10.9. The average molecular weight is 414 g/mol. The summed E-state index contributed by atoms with van der Waals surface area (Å²) in [6.45, 7) is 7.60. The summed E-state index contributed by atoms with van der Waals surface area (Å²) in [5.74, 6) is 2.68. The topological polar surface area (TPSA) is 55.3 Å². The number of Topliss-reactive ketones (excluding diaryl/α,β-unsaturated/α-hetero) is 1. The van der Waals surface area contributed by atoms with Crippen molar-refractivity contribution in [1.82, 2.24) is 9.97 Å². The molecular weight excluding hydrogens is 386 g/mol. The van der Waals surface area contributed by atoms with E-state index in [9.17, 15) is 4.79 Å². The normalized spacial score (nSPS) is 17.4. The number of piperidine rings is 1. The molecule has 31 heavy (non-hydrogen) atoms. The highest BCUT2D eigenvalue weighted by molar-refractivity contribution is 6.01. The minimum absolute atomic E-state index is 0.200. The van der Waals surface area contributed by atoms with Crippen molar-refractivity contribution in [1.29, 1.82) is 0 Å². The highest BCUT2D eigenvalue weighted by atomic mass is 16.5. The quantitative estimate of drug-likeness (QED) is 0.587. The van der Waals surface area contributed by atoms with Gasteiger partial charge in [-0.05, 0) is 38.0 Å². The summed E-state index contributed by atoms with van der Waals surface area (Å²) < 4.78 is 6.54. The Labute approximate surface area is 183 Å². The Kier molecular flexibility index (Phi) is 4.77. The van der Waals surface area contributed by atoms with Crippen LogP contribution in [0.4, 0.5) is 5.82 Å². The first-order chi connectivity index (χ1) is 14.9. The average Bonchev–Trinajstić information content (AvgIpc) is 2.75. The fourth-order valence-corrected chi connectivity index (χ4v) is 4.83. The van der Waals surface area contributed by atoms with Crippen LogP contribution in [-0.4, -0.2) is 34.4 Å². The fraction of sp³-hybridized carbons (Fsp3) is 0.346. The van der Waals surface area contributed by atoms with Gasteiger partial charge in [0.2, 0.25) is 0 Å². The minimum Gasteiger partial charge on any atom is -0.486 e. The summed E-state index contributed by atoms with van der Waals surface area (Å²) in [4.78, 5) is 24.6. The molecule has 2 aliphatic rings. The lowest BCUT2D eigenvalue weighted by molar-refractivity contribution is 0.0225. The lowest BCUT2D eigenvalue weighted by Gasteiger charge is -2.44. The molecule has 0 unspecified atom stereocenters. The molecule has 3 aromatic rings. The number of carbonyl (C=O) groups is 1. The highest BCUT2D eigenvalue weighted by Gasteiger charge is 2.43. The maximum absolute atomic E-state index is 12.9. The van der Waals surface area contributed by atoms with Gasteiger partial charge in [0.15, 0.2) is 5.78 Å². The monoisotopic (exact) mass is 413 g/mol. The van der Waals surface area contributed by atoms with Gasteiger partial charge in [0.05, 0.1) is 17.7 Å². The number of benzene rings is 2. The lowest BCUT2D eigenvalue weighted by atomic mass is 9.81. The lowest BCUT2D eigenvalue weighted by Crippen LogP contribution is -2.51. The van der Waals surface area contributed by atoms with Crippen LogP contribution < -0.4 is 9.64 Å². The molecule has 5 heteroatoms. The SMILES string of the molecule is Cc1cc(C)c2c(c1)C(=O)CC1(CCN(c3cc(-c4ccccc4)nc(C)n3)CC1)O2. The second-order valence-corrected chi connectivity index (χ2v) is 8.86. The largest absolute Gasteiger partial charge is 0.486 e. The molecule has 0 saturated carbocycles. The molecule has 0 radical (unpaired) electrons. The molecule has 3 heterocycles. The van der Waals surface area contributed by atoms with Gasteiger partial charge in [-0.25, -0.2) is 9.97 Å². The van der Waals surface area contributed by atoms with E-state index in [4.69, 9.17) is 9.72 Å². The van der Waals surface area contributed by atoms with Crippen LogP contribution in [0.5, 0.6) is 5.75 Å². The van der Waals surface area contributed by atoms with Crippen molar-refractivity contribution >= 4 is 11.6 Å². The van der Waals surface area contributed by atoms with E-state index in [0.29, 0.717) is 6.42 Å². The smallest absolute Gasteiger partial charge is 0.170 e. The van der Waals surface area contributed by atoms with Crippen LogP contribution in [0.2, 0.25) is 0 Å². The number of ether oxygens (including phenoxy) is 1. The molecular formula is C26H27N3O2. The molecule has 1 aromatic heterocycles. The standard InChI is InChI=1S/C26H27N3O2/c1-17-13-18(2)25-21(14-17)23(30)16-26(31-25)9-11-29(12-10-26)24-15-22(27-19(3)28-24)20-7-5-4-6-8-20/h4-8,13-15H,9-12,16H2,1-3H3. The Morgan fingerprint density at radius 3 is 2.45 bits per heavy atom. The molecule has 5 nitrogen and oxygen atoms in total. The second kappa shape index (κ2) is 7.49. The minimum atomic E-state index is -0.412. The molecule has 2 aromatic carbocycles. The van der Waals surface area contributed by atoms with E-state index in [0.717, 1.165) is 71.3 Å². The molecule has 1 spiro atoms. The van der Waals surface area contributed by atoms with Crippen molar-refractivity contribution in [2.75, 3.05) is 18.0 Å². The molecule has 5 rings (SSSR count). The third-order valence-electron chi connectivity index (χ3n) is 6.41. The number of anilines is 1. The Morgan fingerprint density at radius 2 is 1.71 bits per heavy atom. The number of rotatable bonds is 2. The van der Waals surface area contributed by atoms with Crippen LogP contribution in [0.3, 0.4) is 0 Å². The molecule has 0 aliphatic carbocycles. The van der Waals surface area contributed by atoms with E-state index in [1.807, 2.05) is 45.0 Å². The fourth-order valence-electron chi connectivity index (χ4n) is 4.83. The summed E-state index contributed by atoms with van der Waals surface area (Å²) in [6, 6.07) is 16.3. The predicted molar refractivity (Wildman–Crippen MR) is 122 cm³/mol. The van der Waals surface area contributed by atoms with Gasteiger partial charge in [0, 0.05) is 37.6 Å². The van der Waals surface area contributed by atoms with Gasteiger partial charge in [-0.3, -0.25) is 4.79 Å². The first-order valence-electron chi connectivity index (χ1n) is 10.9. The number of aromatic nitrogens is 2. The van der Waals surface area contributed by atoms with Crippen molar-refractivity contribution in [2.24, 2.45) is 0 Å². The zero-order valence-electron chi connectivity index (χ0n) is 18.3. The number of fused-ring (bicyclic) bond motifs is 1. The molecule has 1 saturated heterocycles. The van der Waals surface area contributed by atoms with Gasteiger partial charge in [0.25, 0.3) is 0 Å². The van der Waals surface area contributed by atoms with Crippen LogP contribution in [0.25, 0.3) is 11.3 Å². The van der Waals surface area contributed by atoms with E-state index >= 15 is 0 Å². The van der Waals surface area contributed by atoms with Crippen molar-refractivity contribution < 1.29 is 9.53 Å². The molecule has 2 aliphatic heterocycles. The zero-order chi connectivity index (χ0) is 21.6. The van der Waals surface area contributed by atoms with Crippen LogP contribution >= 0.6 is 0 Å². The number of hydrogen-bond donors (Lipinski definition) is 0. The van der Waals surface area contributed by atoms with E-state index in [2.05, 4.69) is 34.1 Å². The first kappa shape index (κ1) is 19.7. The van der Waals surface area contributed by atoms with Crippen LogP contribution in [0.1, 0.15) is 46.6 Å². The van der Waals surface area contributed by atoms with Gasteiger partial charge < -0.3 is 9.64 Å². The third kappa shape index (κ3) is 3.69. The third-order valence-corrected chi connectivity index (χ3v) is 6.41. The zero-order valence-corrected chi connectivity index (χ0v) is 18.3. The van der Waals surface area contributed by atoms with Gasteiger partial charge in [-0.2, -0.15) is 0 Å². The van der Waals surface area contributed by atoms with E-state index in [-0.39, 0.29) is 5.78 Å². The highest BCUT2D eigenvalue weighted by Crippen LogP contribution is 2.42. The number of carbonyl (C=O) groups excluding carboxylic acids is 1. The number of ketones is 1. The number of nitrogens with zero attached hydrogens (tertiary/aromatic N) is 3. The van der Waals surface area contributed by atoms with Crippen LogP contribution in [0, 0.1) is 20.8 Å². The van der Waals surface area contributed by atoms with Gasteiger partial charge in [-0.1, -0.05) is 36.4 Å². The molecule has 0 bridgehead atoms. The summed E-state index contributed by atoms with van der Waals surface area (Å²) in [5, 5.41) is 0. The Hall–Kier alpha value is -3.21. The number of hydrogen-bond acceptors (Lipinski definition) is 5. The maximum atomic E-state index is 12.9. The van der Waals surface area contributed by atoms with E-state index in [1.54, 1.807) is 0 Å². The van der Waals surface area contributed by atoms with E-state index in [1.165, 1.54) is 0 Å². The van der Waals surface area contributed by atoms with Crippen molar-refractivity contribution in [3.05, 3.63) is 71.0 Å². The van der Waals surface area contributed by atoms with Gasteiger partial charge in [0.1, 0.15) is 23.0 Å². The van der Waals surface area contributed by atoms with Crippen molar-refractivity contribution in [3.63, 3.8) is 0 Å². The molecule has 0 atom stereocenters. The number of aryl methyl sites for hydroxylation is 3. The van der Waals surface area contributed by atoms with Crippen molar-refractivity contribution in [2.45, 2.75) is 45.6 Å².